The lowest BCUT2D eigenvalue weighted by Crippen LogP contribution is -1.92. The highest BCUT2D eigenvalue weighted by molar-refractivity contribution is 9.10. The number of hydrogen-bond acceptors (Lipinski definition) is 5. The number of nitrogens with zero attached hydrogens (tertiary/aromatic N) is 1. The van der Waals surface area contributed by atoms with Gasteiger partial charge in [-0.1, -0.05) is 15.9 Å². The average molecular weight is 390 g/mol. The lowest BCUT2D eigenvalue weighted by Gasteiger charge is -2.06. The summed E-state index contributed by atoms with van der Waals surface area (Å²) < 4.78 is 12.5. The van der Waals surface area contributed by atoms with Gasteiger partial charge in [0.2, 0.25) is 0 Å². The normalized spacial score (nSPS) is 11.0. The number of pyridine rings is 1. The molecule has 0 saturated heterocycles. The largest absolute Gasteiger partial charge is 0.466 e. The van der Waals surface area contributed by atoms with Gasteiger partial charge in [0.05, 0.1) is 18.0 Å². The highest BCUT2D eigenvalue weighted by atomic mass is 79.9. The maximum atomic E-state index is 11.2. The van der Waals surface area contributed by atoms with Gasteiger partial charge in [-0.15, -0.1) is 11.3 Å². The molecule has 1 aromatic carbocycles. The fraction of sp³-hybridized carbons (Fsp3) is 0.0588. The zero-order valence-electron chi connectivity index (χ0n) is 12.2. The van der Waals surface area contributed by atoms with E-state index in [1.54, 1.807) is 18.5 Å². The Balaban J connectivity index is 1.92. The Morgan fingerprint density at radius 1 is 1.26 bits per heavy atom. The topological polar surface area (TPSA) is 48.4 Å². The van der Waals surface area contributed by atoms with Gasteiger partial charge in [0, 0.05) is 27.0 Å². The summed E-state index contributed by atoms with van der Waals surface area (Å²) in [5.74, 6) is 1.03. The molecule has 0 bridgehead atoms. The molecular formula is C17H12BrNO3S. The molecule has 6 heteroatoms. The zero-order valence-corrected chi connectivity index (χ0v) is 14.6. The van der Waals surface area contributed by atoms with Crippen molar-refractivity contribution in [2.24, 2.45) is 0 Å². The Bertz CT molecular complexity index is 871. The standard InChI is InChI=1S/C17H12BrNO3S/c1-21-17(20)7-6-13-8-14-15(9-19-10-16(14)23-13)22-12-4-2-11(18)3-5-12/h2-10H,1H3/b7-6+. The summed E-state index contributed by atoms with van der Waals surface area (Å²) in [6, 6.07) is 9.57. The van der Waals surface area contributed by atoms with Crippen LogP contribution < -0.4 is 4.74 Å². The predicted octanol–water partition coefficient (Wildman–Crippen LogP) is 5.04. The number of rotatable bonds is 4. The van der Waals surface area contributed by atoms with Crippen LogP contribution in [0.5, 0.6) is 11.5 Å². The second-order valence-electron chi connectivity index (χ2n) is 4.61. The first-order valence-electron chi connectivity index (χ1n) is 6.73. The summed E-state index contributed by atoms with van der Waals surface area (Å²) in [4.78, 5) is 16.3. The third kappa shape index (κ3) is 3.78. The van der Waals surface area contributed by atoms with Crippen LogP contribution in [0.15, 0.2) is 53.3 Å². The number of halogens is 1. The first-order chi connectivity index (χ1) is 11.2. The number of ether oxygens (including phenoxy) is 2. The van der Waals surface area contributed by atoms with Gasteiger partial charge in [-0.25, -0.2) is 4.79 Å². The van der Waals surface area contributed by atoms with Gasteiger partial charge in [0.1, 0.15) is 5.75 Å². The van der Waals surface area contributed by atoms with E-state index in [-0.39, 0.29) is 5.97 Å². The number of benzene rings is 1. The number of hydrogen-bond donors (Lipinski definition) is 0. The van der Waals surface area contributed by atoms with E-state index in [1.807, 2.05) is 30.3 Å². The highest BCUT2D eigenvalue weighted by Crippen LogP contribution is 2.35. The quantitative estimate of drug-likeness (QED) is 0.463. The number of esters is 1. The van der Waals surface area contributed by atoms with E-state index in [0.29, 0.717) is 5.75 Å². The molecule has 23 heavy (non-hydrogen) atoms. The lowest BCUT2D eigenvalue weighted by atomic mass is 10.2. The zero-order chi connectivity index (χ0) is 16.2. The molecule has 0 aliphatic heterocycles. The molecule has 0 atom stereocenters. The van der Waals surface area contributed by atoms with E-state index in [1.165, 1.54) is 24.5 Å². The predicted molar refractivity (Wildman–Crippen MR) is 94.9 cm³/mol. The van der Waals surface area contributed by atoms with Crippen LogP contribution >= 0.6 is 27.3 Å². The summed E-state index contributed by atoms with van der Waals surface area (Å²) in [6.07, 6.45) is 6.59. The van der Waals surface area contributed by atoms with Crippen LogP contribution in [0.3, 0.4) is 0 Å². The molecule has 0 N–H and O–H groups in total. The molecule has 0 aliphatic carbocycles. The third-order valence-electron chi connectivity index (χ3n) is 3.06. The van der Waals surface area contributed by atoms with Crippen molar-refractivity contribution in [3.05, 3.63) is 58.2 Å². The molecule has 0 fully saturated rings. The molecule has 0 saturated carbocycles. The number of carbonyl (C=O) groups excluding carboxylic acids is 1. The van der Waals surface area contributed by atoms with E-state index < -0.39 is 0 Å². The van der Waals surface area contributed by atoms with Crippen molar-refractivity contribution >= 4 is 49.4 Å². The molecule has 3 rings (SSSR count). The second kappa shape index (κ2) is 6.93. The molecule has 116 valence electrons. The number of fused-ring (bicyclic) bond motifs is 1. The summed E-state index contributed by atoms with van der Waals surface area (Å²) >= 11 is 4.93. The van der Waals surface area contributed by atoms with Crippen LogP contribution in [0.4, 0.5) is 0 Å². The minimum Gasteiger partial charge on any atom is -0.466 e. The van der Waals surface area contributed by atoms with Crippen molar-refractivity contribution in [2.75, 3.05) is 7.11 Å². The smallest absolute Gasteiger partial charge is 0.330 e. The van der Waals surface area contributed by atoms with E-state index in [9.17, 15) is 4.79 Å². The third-order valence-corrected chi connectivity index (χ3v) is 4.62. The maximum absolute atomic E-state index is 11.2. The lowest BCUT2D eigenvalue weighted by molar-refractivity contribution is -0.134. The van der Waals surface area contributed by atoms with E-state index in [2.05, 4.69) is 25.7 Å². The summed E-state index contributed by atoms with van der Waals surface area (Å²) in [7, 11) is 1.35. The molecule has 3 aromatic rings. The molecule has 0 aliphatic rings. The maximum Gasteiger partial charge on any atom is 0.330 e. The van der Waals surface area contributed by atoms with Crippen molar-refractivity contribution in [1.82, 2.24) is 4.98 Å². The highest BCUT2D eigenvalue weighted by Gasteiger charge is 2.08. The van der Waals surface area contributed by atoms with E-state index in [0.717, 1.165) is 25.2 Å². The van der Waals surface area contributed by atoms with Gasteiger partial charge in [0.25, 0.3) is 0 Å². The van der Waals surface area contributed by atoms with Gasteiger partial charge in [-0.3, -0.25) is 4.98 Å². The van der Waals surface area contributed by atoms with E-state index >= 15 is 0 Å². The summed E-state index contributed by atoms with van der Waals surface area (Å²) in [5, 5.41) is 0.956. The number of methoxy groups -OCH3 is 1. The van der Waals surface area contributed by atoms with Crippen LogP contribution in [-0.2, 0) is 9.53 Å². The van der Waals surface area contributed by atoms with Crippen molar-refractivity contribution < 1.29 is 14.3 Å². The van der Waals surface area contributed by atoms with Gasteiger partial charge in [0.15, 0.2) is 5.75 Å². The number of aromatic nitrogens is 1. The fourth-order valence-electron chi connectivity index (χ4n) is 1.97. The molecular weight excluding hydrogens is 378 g/mol. The van der Waals surface area contributed by atoms with Crippen molar-refractivity contribution in [1.29, 1.82) is 0 Å². The average Bonchev–Trinajstić information content (AvgIpc) is 2.99. The molecule has 2 aromatic heterocycles. The molecule has 0 spiro atoms. The first-order valence-corrected chi connectivity index (χ1v) is 8.33. The number of thiophene rings is 1. The Morgan fingerprint density at radius 3 is 2.78 bits per heavy atom. The Kier molecular flexibility index (Phi) is 4.73. The van der Waals surface area contributed by atoms with E-state index in [4.69, 9.17) is 4.74 Å². The molecule has 0 radical (unpaired) electrons. The van der Waals surface area contributed by atoms with Crippen LogP contribution in [0.25, 0.3) is 16.2 Å². The van der Waals surface area contributed by atoms with Crippen LogP contribution in [-0.4, -0.2) is 18.1 Å². The number of carbonyl (C=O) groups is 1. The monoisotopic (exact) mass is 389 g/mol. The Labute approximate surface area is 145 Å². The van der Waals surface area contributed by atoms with Crippen LogP contribution in [0, 0.1) is 0 Å². The summed E-state index contributed by atoms with van der Waals surface area (Å²) in [6.45, 7) is 0. The Morgan fingerprint density at radius 2 is 2.04 bits per heavy atom. The van der Waals surface area contributed by atoms with Crippen LogP contribution in [0.2, 0.25) is 0 Å². The van der Waals surface area contributed by atoms with Gasteiger partial charge in [-0.2, -0.15) is 0 Å². The minimum absolute atomic E-state index is 0.382. The van der Waals surface area contributed by atoms with Gasteiger partial charge in [-0.05, 0) is 36.4 Å². The van der Waals surface area contributed by atoms with Gasteiger partial charge < -0.3 is 9.47 Å². The van der Waals surface area contributed by atoms with Crippen molar-refractivity contribution in [3.8, 4) is 11.5 Å². The SMILES string of the molecule is COC(=O)/C=C/c1cc2c(Oc3ccc(Br)cc3)cncc2s1. The molecule has 2 heterocycles. The minimum atomic E-state index is -0.382. The fourth-order valence-corrected chi connectivity index (χ4v) is 3.18. The molecule has 0 amide bonds. The van der Waals surface area contributed by atoms with Crippen molar-refractivity contribution in [3.63, 3.8) is 0 Å². The van der Waals surface area contributed by atoms with Gasteiger partial charge >= 0.3 is 5.97 Å². The Hall–Kier alpha value is -2.18. The second-order valence-corrected chi connectivity index (χ2v) is 6.64. The molecule has 4 nitrogen and oxygen atoms in total. The first kappa shape index (κ1) is 15.7. The van der Waals surface area contributed by atoms with Crippen LogP contribution in [0.1, 0.15) is 4.88 Å². The summed E-state index contributed by atoms with van der Waals surface area (Å²) in [5.41, 5.74) is 0. The van der Waals surface area contributed by atoms with Crippen molar-refractivity contribution in [2.45, 2.75) is 0 Å². The molecule has 0 unspecified atom stereocenters.